The van der Waals surface area contributed by atoms with Crippen LogP contribution in [0, 0.1) is 0 Å². The van der Waals surface area contributed by atoms with Crippen molar-refractivity contribution in [3.8, 4) is 0 Å². The van der Waals surface area contributed by atoms with E-state index in [4.69, 9.17) is 0 Å². The molecule has 0 atom stereocenters. The van der Waals surface area contributed by atoms with Gasteiger partial charge in [-0.05, 0) is 53.0 Å². The van der Waals surface area contributed by atoms with Crippen molar-refractivity contribution in [2.45, 2.75) is 26.8 Å². The van der Waals surface area contributed by atoms with Gasteiger partial charge in [-0.15, -0.1) is 13.2 Å². The molecule has 0 saturated heterocycles. The molecule has 2 rings (SSSR count). The molecule has 0 amide bonds. The molecule has 5 nitrogen and oxygen atoms in total. The van der Waals surface area contributed by atoms with Crippen molar-refractivity contribution in [2.75, 3.05) is 32.5 Å². The summed E-state index contributed by atoms with van der Waals surface area (Å²) in [5.74, 6) is 1.74. The van der Waals surface area contributed by atoms with Gasteiger partial charge in [-0.25, -0.2) is 9.97 Å². The molecule has 25 heavy (non-hydrogen) atoms. The van der Waals surface area contributed by atoms with Gasteiger partial charge in [-0.3, -0.25) is 0 Å². The summed E-state index contributed by atoms with van der Waals surface area (Å²) in [6.07, 6.45) is 5.07. The molecule has 0 saturated carbocycles. The summed E-state index contributed by atoms with van der Waals surface area (Å²) in [7, 11) is 3.86. The van der Waals surface area contributed by atoms with Gasteiger partial charge in [0.05, 0.1) is 12.1 Å². The Labute approximate surface area is 152 Å². The molecule has 1 aromatic heterocycles. The van der Waals surface area contributed by atoms with E-state index in [1.165, 1.54) is 0 Å². The van der Waals surface area contributed by atoms with E-state index in [1.54, 1.807) is 0 Å². The second-order valence-corrected chi connectivity index (χ2v) is 5.09. The second kappa shape index (κ2) is 15.3. The summed E-state index contributed by atoms with van der Waals surface area (Å²) in [5, 5.41) is 10.7. The first-order valence-corrected chi connectivity index (χ1v) is 8.62. The molecule has 0 unspecified atom stereocenters. The van der Waals surface area contributed by atoms with E-state index in [-0.39, 0.29) is 0 Å². The van der Waals surface area contributed by atoms with Gasteiger partial charge in [0.15, 0.2) is 0 Å². The predicted octanol–water partition coefficient (Wildman–Crippen LogP) is 3.76. The number of allylic oxidation sites excluding steroid dienone is 2. The van der Waals surface area contributed by atoms with E-state index in [0.717, 1.165) is 42.1 Å². The van der Waals surface area contributed by atoms with Gasteiger partial charge >= 0.3 is 0 Å². The molecule has 0 spiro atoms. The van der Waals surface area contributed by atoms with Crippen LogP contribution in [0.3, 0.4) is 0 Å². The third kappa shape index (κ3) is 8.98. The number of fused-ring (bicyclic) bond motifs is 1. The minimum atomic E-state index is 0.677. The average molecular weight is 344 g/mol. The molecule has 2 aromatic rings. The highest BCUT2D eigenvalue weighted by Crippen LogP contribution is 2.19. The molecule has 3 N–H and O–H groups in total. The van der Waals surface area contributed by atoms with Crippen LogP contribution in [0.15, 0.2) is 49.6 Å². The standard InChI is InChI=1S/C14H21N5.C4H8.C2H4/c1-15-8-5-9-17-14-11-6-3-4-7-12(11)18-13(19-14)10-16-2;1-3-4-2;1-2/h3-4,6-7,15-16H,5,8-10H2,1-2H3,(H,17,18,19);3-4H,1-2H3;1-2H2/b;4-3-;. The molecular weight excluding hydrogens is 310 g/mol. The molecule has 5 heteroatoms. The normalized spacial score (nSPS) is 9.92. The van der Waals surface area contributed by atoms with Gasteiger partial charge in [0, 0.05) is 11.9 Å². The van der Waals surface area contributed by atoms with Crippen LogP contribution < -0.4 is 16.0 Å². The maximum absolute atomic E-state index is 4.58. The maximum atomic E-state index is 4.58. The zero-order chi connectivity index (χ0) is 18.9. The summed E-state index contributed by atoms with van der Waals surface area (Å²) in [5.41, 5.74) is 0.985. The Morgan fingerprint density at radius 3 is 2.24 bits per heavy atom. The summed E-state index contributed by atoms with van der Waals surface area (Å²) < 4.78 is 0. The lowest BCUT2D eigenvalue weighted by Gasteiger charge is -2.10. The van der Waals surface area contributed by atoms with E-state index in [0.29, 0.717) is 6.54 Å². The van der Waals surface area contributed by atoms with Crippen LogP contribution >= 0.6 is 0 Å². The highest BCUT2D eigenvalue weighted by molar-refractivity contribution is 5.88. The van der Waals surface area contributed by atoms with Crippen molar-refractivity contribution in [3.05, 3.63) is 55.4 Å². The van der Waals surface area contributed by atoms with Crippen LogP contribution in [0.1, 0.15) is 26.1 Å². The van der Waals surface area contributed by atoms with Gasteiger partial charge in [0.25, 0.3) is 0 Å². The van der Waals surface area contributed by atoms with Crippen molar-refractivity contribution in [1.82, 2.24) is 20.6 Å². The Bertz CT molecular complexity index is 606. The second-order valence-electron chi connectivity index (χ2n) is 5.09. The van der Waals surface area contributed by atoms with E-state index in [9.17, 15) is 0 Å². The molecule has 138 valence electrons. The lowest BCUT2D eigenvalue weighted by Crippen LogP contribution is -2.15. The van der Waals surface area contributed by atoms with E-state index in [2.05, 4.69) is 45.1 Å². The van der Waals surface area contributed by atoms with Crippen molar-refractivity contribution in [2.24, 2.45) is 0 Å². The first-order chi connectivity index (χ1) is 12.3. The zero-order valence-electron chi connectivity index (χ0n) is 16.1. The molecule has 0 fully saturated rings. The summed E-state index contributed by atoms with van der Waals surface area (Å²) in [6.45, 7) is 12.6. The number of para-hydroxylation sites is 1. The minimum absolute atomic E-state index is 0.677. The Morgan fingerprint density at radius 2 is 1.64 bits per heavy atom. The number of nitrogens with zero attached hydrogens (tertiary/aromatic N) is 2. The largest absolute Gasteiger partial charge is 0.369 e. The predicted molar refractivity (Wildman–Crippen MR) is 111 cm³/mol. The molecular formula is C20H33N5. The number of aromatic nitrogens is 2. The lowest BCUT2D eigenvalue weighted by molar-refractivity contribution is 0.742. The van der Waals surface area contributed by atoms with Crippen LogP contribution in [0.5, 0.6) is 0 Å². The molecule has 0 aliphatic carbocycles. The van der Waals surface area contributed by atoms with Crippen molar-refractivity contribution < 1.29 is 0 Å². The Hall–Kier alpha value is -2.24. The molecule has 0 bridgehead atoms. The third-order valence-electron chi connectivity index (χ3n) is 3.21. The number of anilines is 1. The molecule has 0 radical (unpaired) electrons. The Kier molecular flexibility index (Phi) is 13.9. The molecule has 1 aromatic carbocycles. The molecule has 0 aliphatic rings. The molecule has 1 heterocycles. The minimum Gasteiger partial charge on any atom is -0.369 e. The van der Waals surface area contributed by atoms with E-state index >= 15 is 0 Å². The van der Waals surface area contributed by atoms with Gasteiger partial charge < -0.3 is 16.0 Å². The number of rotatable bonds is 7. The lowest BCUT2D eigenvalue weighted by atomic mass is 10.2. The van der Waals surface area contributed by atoms with Crippen LogP contribution in [0.25, 0.3) is 10.9 Å². The zero-order valence-corrected chi connectivity index (χ0v) is 16.1. The SMILES string of the molecule is C/C=C\C.C=C.CNCCCNc1nc(CNC)nc2ccccc12. The Balaban J connectivity index is 0.000000845. The number of hydrogen-bond acceptors (Lipinski definition) is 5. The van der Waals surface area contributed by atoms with Crippen LogP contribution in [-0.4, -0.2) is 37.2 Å². The first-order valence-electron chi connectivity index (χ1n) is 8.62. The van der Waals surface area contributed by atoms with Crippen molar-refractivity contribution in [3.63, 3.8) is 0 Å². The quantitative estimate of drug-likeness (QED) is 0.528. The molecule has 0 aliphatic heterocycles. The number of hydrogen-bond donors (Lipinski definition) is 3. The fraction of sp³-hybridized carbons (Fsp3) is 0.400. The number of benzene rings is 1. The monoisotopic (exact) mass is 343 g/mol. The van der Waals surface area contributed by atoms with Gasteiger partial charge in [-0.1, -0.05) is 24.3 Å². The van der Waals surface area contributed by atoms with Crippen LogP contribution in [0.4, 0.5) is 5.82 Å². The van der Waals surface area contributed by atoms with Crippen LogP contribution in [-0.2, 0) is 6.54 Å². The summed E-state index contributed by atoms with van der Waals surface area (Å²) in [6, 6.07) is 8.10. The van der Waals surface area contributed by atoms with Gasteiger partial charge in [0.1, 0.15) is 11.6 Å². The van der Waals surface area contributed by atoms with E-state index < -0.39 is 0 Å². The highest BCUT2D eigenvalue weighted by atomic mass is 15.0. The fourth-order valence-electron chi connectivity index (χ4n) is 1.97. The summed E-state index contributed by atoms with van der Waals surface area (Å²) >= 11 is 0. The summed E-state index contributed by atoms with van der Waals surface area (Å²) in [4.78, 5) is 9.13. The first kappa shape index (κ1) is 22.8. The maximum Gasteiger partial charge on any atom is 0.145 e. The highest BCUT2D eigenvalue weighted by Gasteiger charge is 2.06. The van der Waals surface area contributed by atoms with Gasteiger partial charge in [-0.2, -0.15) is 0 Å². The smallest absolute Gasteiger partial charge is 0.145 e. The van der Waals surface area contributed by atoms with Crippen LogP contribution in [0.2, 0.25) is 0 Å². The third-order valence-corrected chi connectivity index (χ3v) is 3.21. The average Bonchev–Trinajstić information content (AvgIpc) is 2.67. The van der Waals surface area contributed by atoms with Gasteiger partial charge in [0.2, 0.25) is 0 Å². The number of nitrogens with one attached hydrogen (secondary N) is 3. The Morgan fingerprint density at radius 1 is 0.960 bits per heavy atom. The van der Waals surface area contributed by atoms with E-state index in [1.807, 2.05) is 58.3 Å². The topological polar surface area (TPSA) is 61.9 Å². The van der Waals surface area contributed by atoms with Crippen molar-refractivity contribution >= 4 is 16.7 Å². The fourth-order valence-corrected chi connectivity index (χ4v) is 1.97. The van der Waals surface area contributed by atoms with Crippen molar-refractivity contribution in [1.29, 1.82) is 0 Å².